The summed E-state index contributed by atoms with van der Waals surface area (Å²) in [6, 6.07) is 7.31. The first-order valence-electron chi connectivity index (χ1n) is 7.19. The Morgan fingerprint density at radius 1 is 1.27 bits per heavy atom. The lowest BCUT2D eigenvalue weighted by Crippen LogP contribution is -2.50. The number of rotatable bonds is 4. The van der Waals surface area contributed by atoms with Gasteiger partial charge in [-0.2, -0.15) is 0 Å². The summed E-state index contributed by atoms with van der Waals surface area (Å²) in [4.78, 5) is 27.3. The molecule has 1 saturated heterocycles. The van der Waals surface area contributed by atoms with Crippen LogP contribution in [0.3, 0.4) is 0 Å². The number of halogens is 1. The van der Waals surface area contributed by atoms with Crippen molar-refractivity contribution in [1.82, 2.24) is 15.1 Å². The average Bonchev–Trinajstić information content (AvgIpc) is 2.54. The molecule has 1 aromatic carbocycles. The number of piperazine rings is 1. The first kappa shape index (κ1) is 16.8. The zero-order valence-corrected chi connectivity index (χ0v) is 14.1. The van der Waals surface area contributed by atoms with Crippen LogP contribution < -0.4 is 5.32 Å². The van der Waals surface area contributed by atoms with Gasteiger partial charge in [-0.1, -0.05) is 22.0 Å². The van der Waals surface area contributed by atoms with E-state index < -0.39 is 0 Å². The summed E-state index contributed by atoms with van der Waals surface area (Å²) in [6.07, 6.45) is -0.275. The zero-order valence-electron chi connectivity index (χ0n) is 12.5. The molecular weight excluding hydrogens is 350 g/mol. The van der Waals surface area contributed by atoms with E-state index in [2.05, 4.69) is 26.1 Å². The maximum absolute atomic E-state index is 12.0. The first-order valence-corrected chi connectivity index (χ1v) is 7.98. The Balaban J connectivity index is 1.69. The molecule has 0 spiro atoms. The van der Waals surface area contributed by atoms with Gasteiger partial charge in [0.25, 0.3) is 5.91 Å². The molecule has 0 aliphatic carbocycles. The van der Waals surface area contributed by atoms with E-state index in [4.69, 9.17) is 4.74 Å². The lowest BCUT2D eigenvalue weighted by Gasteiger charge is -2.33. The molecule has 1 aliphatic heterocycles. The number of benzene rings is 1. The van der Waals surface area contributed by atoms with Crippen LogP contribution in [0.2, 0.25) is 0 Å². The molecule has 1 aliphatic rings. The normalized spacial score (nSPS) is 15.5. The molecular formula is C15H20BrN3O3. The number of hydrogen-bond acceptors (Lipinski definition) is 4. The van der Waals surface area contributed by atoms with Crippen LogP contribution in [0.4, 0.5) is 4.79 Å². The van der Waals surface area contributed by atoms with Crippen molar-refractivity contribution in [3.8, 4) is 0 Å². The van der Waals surface area contributed by atoms with Crippen molar-refractivity contribution >= 4 is 27.9 Å². The molecule has 1 heterocycles. The lowest BCUT2D eigenvalue weighted by molar-refractivity contribution is 0.0885. The third-order valence-corrected chi connectivity index (χ3v) is 4.10. The number of ether oxygens (including phenoxy) is 1. The number of nitrogens with zero attached hydrogens (tertiary/aromatic N) is 2. The van der Waals surface area contributed by atoms with Gasteiger partial charge in [0.15, 0.2) is 0 Å². The van der Waals surface area contributed by atoms with Crippen LogP contribution in [-0.4, -0.2) is 68.2 Å². The van der Waals surface area contributed by atoms with Crippen LogP contribution in [-0.2, 0) is 4.74 Å². The second-order valence-corrected chi connectivity index (χ2v) is 5.98. The van der Waals surface area contributed by atoms with E-state index in [-0.39, 0.29) is 12.0 Å². The number of hydrogen-bond donors (Lipinski definition) is 1. The Bertz CT molecular complexity index is 531. The van der Waals surface area contributed by atoms with Crippen molar-refractivity contribution in [3.05, 3.63) is 34.3 Å². The second-order valence-electron chi connectivity index (χ2n) is 5.06. The zero-order chi connectivity index (χ0) is 15.9. The first-order chi connectivity index (χ1) is 10.6. The number of carbonyl (C=O) groups excluding carboxylic acids is 2. The predicted octanol–water partition coefficient (Wildman–Crippen LogP) is 1.56. The Labute approximate surface area is 138 Å². The smallest absolute Gasteiger partial charge is 0.409 e. The molecule has 120 valence electrons. The van der Waals surface area contributed by atoms with Gasteiger partial charge in [-0.3, -0.25) is 9.69 Å². The molecule has 22 heavy (non-hydrogen) atoms. The van der Waals surface area contributed by atoms with E-state index in [1.807, 2.05) is 12.1 Å². The summed E-state index contributed by atoms with van der Waals surface area (Å²) >= 11 is 3.35. The van der Waals surface area contributed by atoms with Crippen molar-refractivity contribution < 1.29 is 14.3 Å². The van der Waals surface area contributed by atoms with E-state index in [0.29, 0.717) is 25.2 Å². The maximum atomic E-state index is 12.0. The van der Waals surface area contributed by atoms with E-state index in [0.717, 1.165) is 24.1 Å². The lowest BCUT2D eigenvalue weighted by atomic mass is 10.2. The highest BCUT2D eigenvalue weighted by Crippen LogP contribution is 2.11. The van der Waals surface area contributed by atoms with E-state index in [1.54, 1.807) is 17.0 Å². The predicted molar refractivity (Wildman–Crippen MR) is 86.9 cm³/mol. The number of nitrogens with one attached hydrogen (secondary N) is 1. The fourth-order valence-electron chi connectivity index (χ4n) is 2.34. The van der Waals surface area contributed by atoms with Crippen molar-refractivity contribution in [1.29, 1.82) is 0 Å². The van der Waals surface area contributed by atoms with Crippen molar-refractivity contribution in [2.24, 2.45) is 0 Å². The largest absolute Gasteiger partial charge is 0.453 e. The molecule has 0 unspecified atom stereocenters. The van der Waals surface area contributed by atoms with Crippen molar-refractivity contribution in [2.75, 3.05) is 46.4 Å². The van der Waals surface area contributed by atoms with Crippen molar-refractivity contribution in [2.45, 2.75) is 0 Å². The van der Waals surface area contributed by atoms with E-state index in [9.17, 15) is 9.59 Å². The van der Waals surface area contributed by atoms with Crippen LogP contribution in [0.5, 0.6) is 0 Å². The molecule has 7 heteroatoms. The van der Waals surface area contributed by atoms with Gasteiger partial charge in [0.2, 0.25) is 0 Å². The van der Waals surface area contributed by atoms with Gasteiger partial charge in [0.05, 0.1) is 7.11 Å². The quantitative estimate of drug-likeness (QED) is 0.874. The van der Waals surface area contributed by atoms with Gasteiger partial charge in [0.1, 0.15) is 0 Å². The molecule has 1 fully saturated rings. The Morgan fingerprint density at radius 2 is 2.00 bits per heavy atom. The summed E-state index contributed by atoms with van der Waals surface area (Å²) in [5.74, 6) is -0.0745. The van der Waals surface area contributed by atoms with E-state index in [1.165, 1.54) is 7.11 Å². The van der Waals surface area contributed by atoms with Crippen LogP contribution >= 0.6 is 15.9 Å². The van der Waals surface area contributed by atoms with Gasteiger partial charge in [-0.15, -0.1) is 0 Å². The topological polar surface area (TPSA) is 61.9 Å². The summed E-state index contributed by atoms with van der Waals surface area (Å²) in [5.41, 5.74) is 0.643. The minimum Gasteiger partial charge on any atom is -0.453 e. The summed E-state index contributed by atoms with van der Waals surface area (Å²) < 4.78 is 5.59. The van der Waals surface area contributed by atoms with Gasteiger partial charge >= 0.3 is 6.09 Å². The fourth-order valence-corrected chi connectivity index (χ4v) is 2.74. The van der Waals surface area contributed by atoms with Crippen molar-refractivity contribution in [3.63, 3.8) is 0 Å². The molecule has 2 rings (SSSR count). The molecule has 0 radical (unpaired) electrons. The molecule has 1 aromatic rings. The Morgan fingerprint density at radius 3 is 2.64 bits per heavy atom. The minimum absolute atomic E-state index is 0.0745. The third-order valence-electron chi connectivity index (χ3n) is 3.61. The average molecular weight is 370 g/mol. The summed E-state index contributed by atoms with van der Waals surface area (Å²) in [6.45, 7) is 4.26. The standard InChI is InChI=1S/C15H20BrN3O3/c1-22-15(21)19-9-7-18(8-10-19)6-5-17-14(20)12-3-2-4-13(16)11-12/h2-4,11H,5-10H2,1H3,(H,17,20). The minimum atomic E-state index is -0.275. The highest BCUT2D eigenvalue weighted by Gasteiger charge is 2.21. The maximum Gasteiger partial charge on any atom is 0.409 e. The SMILES string of the molecule is COC(=O)N1CCN(CCNC(=O)c2cccc(Br)c2)CC1. The Kier molecular flexibility index (Phi) is 6.21. The number of carbonyl (C=O) groups is 2. The summed E-state index contributed by atoms with van der Waals surface area (Å²) in [7, 11) is 1.40. The highest BCUT2D eigenvalue weighted by molar-refractivity contribution is 9.10. The Hall–Kier alpha value is -1.60. The van der Waals surface area contributed by atoms with Gasteiger partial charge in [0, 0.05) is 49.3 Å². The molecule has 0 atom stereocenters. The molecule has 0 bridgehead atoms. The molecule has 6 nitrogen and oxygen atoms in total. The number of methoxy groups -OCH3 is 1. The molecule has 0 saturated carbocycles. The third kappa shape index (κ3) is 4.71. The van der Waals surface area contributed by atoms with Crippen LogP contribution in [0.15, 0.2) is 28.7 Å². The number of amides is 2. The van der Waals surface area contributed by atoms with Gasteiger partial charge < -0.3 is 15.0 Å². The fraction of sp³-hybridized carbons (Fsp3) is 0.467. The monoisotopic (exact) mass is 369 g/mol. The van der Waals surface area contributed by atoms with Gasteiger partial charge in [-0.25, -0.2) is 4.79 Å². The molecule has 1 N–H and O–H groups in total. The van der Waals surface area contributed by atoms with E-state index >= 15 is 0 Å². The van der Waals surface area contributed by atoms with Crippen LogP contribution in [0.25, 0.3) is 0 Å². The van der Waals surface area contributed by atoms with Gasteiger partial charge in [-0.05, 0) is 18.2 Å². The second kappa shape index (κ2) is 8.14. The highest BCUT2D eigenvalue weighted by atomic mass is 79.9. The van der Waals surface area contributed by atoms with Crippen LogP contribution in [0, 0.1) is 0 Å². The molecule has 0 aromatic heterocycles. The molecule has 2 amide bonds. The van der Waals surface area contributed by atoms with Crippen LogP contribution in [0.1, 0.15) is 10.4 Å². The summed E-state index contributed by atoms with van der Waals surface area (Å²) in [5, 5.41) is 2.91.